The number of para-hydroxylation sites is 1. The van der Waals surface area contributed by atoms with E-state index in [1.807, 2.05) is 0 Å². The van der Waals surface area contributed by atoms with Crippen molar-refractivity contribution in [2.75, 3.05) is 11.9 Å². The van der Waals surface area contributed by atoms with Crippen molar-refractivity contribution in [2.45, 2.75) is 12.3 Å². The normalized spacial score (nSPS) is 22.1. The third-order valence-electron chi connectivity index (χ3n) is 2.21. The number of rotatable bonds is 0. The molecule has 1 radical (unpaired) electrons. The van der Waals surface area contributed by atoms with E-state index >= 15 is 0 Å². The predicted octanol–water partition coefficient (Wildman–Crippen LogP) is 2.42. The first kappa shape index (κ1) is 6.71. The Labute approximate surface area is 67.4 Å². The molecule has 1 unspecified atom stereocenters. The minimum absolute atomic E-state index is 0.479. The van der Waals surface area contributed by atoms with Crippen molar-refractivity contribution in [2.24, 2.45) is 0 Å². The summed E-state index contributed by atoms with van der Waals surface area (Å²) in [5.74, 6) is 0.479. The smallest absolute Gasteiger partial charge is 0.0375 e. The highest BCUT2D eigenvalue weighted by Gasteiger charge is 2.13. The minimum atomic E-state index is 0.479. The SMILES string of the molecule is [CH2]C1CCNc2ccccc21. The fourth-order valence-corrected chi connectivity index (χ4v) is 1.55. The van der Waals surface area contributed by atoms with Gasteiger partial charge in [0.05, 0.1) is 0 Å². The molecule has 0 spiro atoms. The molecule has 0 saturated carbocycles. The number of hydrogen-bond donors (Lipinski definition) is 1. The Morgan fingerprint density at radius 3 is 3.00 bits per heavy atom. The van der Waals surface area contributed by atoms with E-state index in [0.29, 0.717) is 5.92 Å². The zero-order valence-electron chi connectivity index (χ0n) is 6.51. The van der Waals surface area contributed by atoms with Crippen molar-refractivity contribution in [3.8, 4) is 0 Å². The van der Waals surface area contributed by atoms with E-state index < -0.39 is 0 Å². The summed E-state index contributed by atoms with van der Waals surface area (Å²) in [5, 5.41) is 3.35. The van der Waals surface area contributed by atoms with Gasteiger partial charge in [0.15, 0.2) is 0 Å². The maximum atomic E-state index is 4.10. The molecule has 1 atom stereocenters. The van der Waals surface area contributed by atoms with Crippen LogP contribution in [0.15, 0.2) is 24.3 Å². The van der Waals surface area contributed by atoms with Crippen LogP contribution in [0.4, 0.5) is 5.69 Å². The van der Waals surface area contributed by atoms with Crippen LogP contribution >= 0.6 is 0 Å². The fourth-order valence-electron chi connectivity index (χ4n) is 1.55. The van der Waals surface area contributed by atoms with Gasteiger partial charge in [0, 0.05) is 12.2 Å². The van der Waals surface area contributed by atoms with Gasteiger partial charge in [-0.25, -0.2) is 0 Å². The van der Waals surface area contributed by atoms with Gasteiger partial charge < -0.3 is 5.32 Å². The molecule has 1 N–H and O–H groups in total. The topological polar surface area (TPSA) is 12.0 Å². The molecular weight excluding hydrogens is 134 g/mol. The molecule has 1 aromatic rings. The average molecular weight is 146 g/mol. The van der Waals surface area contributed by atoms with Gasteiger partial charge in [-0.05, 0) is 30.9 Å². The Morgan fingerprint density at radius 1 is 1.36 bits per heavy atom. The molecule has 1 heteroatoms. The molecule has 0 amide bonds. The molecular formula is C10H12N. The second-order valence-electron chi connectivity index (χ2n) is 3.00. The molecule has 0 fully saturated rings. The molecule has 11 heavy (non-hydrogen) atoms. The summed E-state index contributed by atoms with van der Waals surface area (Å²) in [7, 11) is 0. The van der Waals surface area contributed by atoms with Gasteiger partial charge in [-0.2, -0.15) is 0 Å². The van der Waals surface area contributed by atoms with Crippen LogP contribution in [0.2, 0.25) is 0 Å². The van der Waals surface area contributed by atoms with Crippen LogP contribution < -0.4 is 5.32 Å². The number of nitrogens with one attached hydrogen (secondary N) is 1. The predicted molar refractivity (Wildman–Crippen MR) is 47.6 cm³/mol. The third kappa shape index (κ3) is 1.11. The molecule has 1 aliphatic heterocycles. The Bertz CT molecular complexity index is 255. The first-order valence-corrected chi connectivity index (χ1v) is 4.04. The largest absolute Gasteiger partial charge is 0.385 e. The van der Waals surface area contributed by atoms with Gasteiger partial charge in [-0.15, -0.1) is 0 Å². The van der Waals surface area contributed by atoms with Crippen LogP contribution in [0, 0.1) is 6.92 Å². The lowest BCUT2D eigenvalue weighted by Gasteiger charge is -2.23. The summed E-state index contributed by atoms with van der Waals surface area (Å²) in [6.07, 6.45) is 1.15. The van der Waals surface area contributed by atoms with E-state index in [1.54, 1.807) is 0 Å². The average Bonchev–Trinajstić information content (AvgIpc) is 2.06. The zero-order valence-corrected chi connectivity index (χ0v) is 6.51. The lowest BCUT2D eigenvalue weighted by molar-refractivity contribution is 0.738. The summed E-state index contributed by atoms with van der Waals surface area (Å²) < 4.78 is 0. The Balaban J connectivity index is 2.44. The van der Waals surface area contributed by atoms with Crippen molar-refractivity contribution < 1.29 is 0 Å². The van der Waals surface area contributed by atoms with Crippen LogP contribution in [0.1, 0.15) is 17.9 Å². The molecule has 1 heterocycles. The summed E-state index contributed by atoms with van der Waals surface area (Å²) in [6, 6.07) is 8.40. The lowest BCUT2D eigenvalue weighted by Crippen LogP contribution is -2.14. The van der Waals surface area contributed by atoms with Crippen molar-refractivity contribution in [3.63, 3.8) is 0 Å². The van der Waals surface area contributed by atoms with Gasteiger partial charge >= 0.3 is 0 Å². The van der Waals surface area contributed by atoms with E-state index in [-0.39, 0.29) is 0 Å². The summed E-state index contributed by atoms with van der Waals surface area (Å²) >= 11 is 0. The van der Waals surface area contributed by atoms with Crippen LogP contribution in [-0.2, 0) is 0 Å². The minimum Gasteiger partial charge on any atom is -0.385 e. The number of fused-ring (bicyclic) bond motifs is 1. The van der Waals surface area contributed by atoms with Gasteiger partial charge in [-0.3, -0.25) is 0 Å². The Hall–Kier alpha value is -0.980. The van der Waals surface area contributed by atoms with Crippen molar-refractivity contribution in [1.29, 1.82) is 0 Å². The standard InChI is InChI=1S/C10H12N/c1-8-6-7-11-10-5-3-2-4-9(8)10/h2-5,8,11H,1,6-7H2. The van der Waals surface area contributed by atoms with E-state index in [1.165, 1.54) is 11.3 Å². The van der Waals surface area contributed by atoms with Crippen molar-refractivity contribution in [1.82, 2.24) is 0 Å². The third-order valence-corrected chi connectivity index (χ3v) is 2.21. The van der Waals surface area contributed by atoms with E-state index in [4.69, 9.17) is 0 Å². The van der Waals surface area contributed by atoms with E-state index in [9.17, 15) is 0 Å². The van der Waals surface area contributed by atoms with Crippen LogP contribution in [0.5, 0.6) is 0 Å². The molecule has 0 saturated heterocycles. The Kier molecular flexibility index (Phi) is 1.57. The quantitative estimate of drug-likeness (QED) is 0.592. The summed E-state index contributed by atoms with van der Waals surface area (Å²) in [5.41, 5.74) is 2.62. The highest BCUT2D eigenvalue weighted by atomic mass is 14.9. The number of hydrogen-bond acceptors (Lipinski definition) is 1. The molecule has 1 aliphatic rings. The number of benzene rings is 1. The highest BCUT2D eigenvalue weighted by Crippen LogP contribution is 2.29. The maximum absolute atomic E-state index is 4.10. The zero-order chi connectivity index (χ0) is 7.68. The molecule has 57 valence electrons. The molecule has 1 aromatic carbocycles. The molecule has 0 aromatic heterocycles. The first-order chi connectivity index (χ1) is 5.38. The monoisotopic (exact) mass is 146 g/mol. The molecule has 2 rings (SSSR count). The second kappa shape index (κ2) is 2.57. The molecule has 1 nitrogen and oxygen atoms in total. The molecule has 0 bridgehead atoms. The van der Waals surface area contributed by atoms with Crippen LogP contribution in [0.3, 0.4) is 0 Å². The second-order valence-corrected chi connectivity index (χ2v) is 3.00. The van der Waals surface area contributed by atoms with E-state index in [2.05, 4.69) is 36.5 Å². The van der Waals surface area contributed by atoms with Gasteiger partial charge in [-0.1, -0.05) is 18.2 Å². The maximum Gasteiger partial charge on any atom is 0.0375 e. The lowest BCUT2D eigenvalue weighted by atomic mass is 9.93. The van der Waals surface area contributed by atoms with E-state index in [0.717, 1.165) is 13.0 Å². The highest BCUT2D eigenvalue weighted by molar-refractivity contribution is 5.54. The Morgan fingerprint density at radius 2 is 2.18 bits per heavy atom. The van der Waals surface area contributed by atoms with Gasteiger partial charge in [0.25, 0.3) is 0 Å². The van der Waals surface area contributed by atoms with Crippen molar-refractivity contribution >= 4 is 5.69 Å². The fraction of sp³-hybridized carbons (Fsp3) is 0.300. The van der Waals surface area contributed by atoms with Gasteiger partial charge in [0.2, 0.25) is 0 Å². The van der Waals surface area contributed by atoms with Crippen LogP contribution in [-0.4, -0.2) is 6.54 Å². The van der Waals surface area contributed by atoms with Crippen LogP contribution in [0.25, 0.3) is 0 Å². The summed E-state index contributed by atoms with van der Waals surface area (Å²) in [4.78, 5) is 0. The van der Waals surface area contributed by atoms with Gasteiger partial charge in [0.1, 0.15) is 0 Å². The number of anilines is 1. The molecule has 0 aliphatic carbocycles. The summed E-state index contributed by atoms with van der Waals surface area (Å²) in [6.45, 7) is 5.16. The first-order valence-electron chi connectivity index (χ1n) is 4.04. The van der Waals surface area contributed by atoms with Crippen molar-refractivity contribution in [3.05, 3.63) is 36.8 Å².